The van der Waals surface area contributed by atoms with Crippen LogP contribution in [0.1, 0.15) is 50.4 Å². The van der Waals surface area contributed by atoms with Gasteiger partial charge in [0.05, 0.1) is 29.7 Å². The first-order valence-corrected chi connectivity index (χ1v) is 8.30. The molecule has 0 spiro atoms. The fraction of sp³-hybridized carbons (Fsp3) is 0.588. The van der Waals surface area contributed by atoms with Gasteiger partial charge < -0.3 is 4.57 Å². The highest BCUT2D eigenvalue weighted by atomic mass is 16.7. The van der Waals surface area contributed by atoms with Crippen molar-refractivity contribution < 1.29 is 4.84 Å². The van der Waals surface area contributed by atoms with Gasteiger partial charge in [0.1, 0.15) is 5.82 Å². The minimum absolute atomic E-state index is 0.335. The summed E-state index contributed by atoms with van der Waals surface area (Å²) >= 11 is 0. The summed E-state index contributed by atoms with van der Waals surface area (Å²) in [6.07, 6.45) is 8.09. The first kappa shape index (κ1) is 12.2. The number of hydroxylamine groups is 2. The van der Waals surface area contributed by atoms with Crippen LogP contribution in [0.4, 0.5) is 0 Å². The molecule has 3 heterocycles. The van der Waals surface area contributed by atoms with Gasteiger partial charge in [0, 0.05) is 12.5 Å². The molecule has 1 aromatic heterocycles. The SMILES string of the molecule is c1ccc2c(c1)nc1n2C[C@@H]2C[C@H]1N(C1CCCCC1)O2. The lowest BCUT2D eigenvalue weighted by Crippen LogP contribution is -2.35. The van der Waals surface area contributed by atoms with Crippen LogP contribution in [0.2, 0.25) is 0 Å². The quantitative estimate of drug-likeness (QED) is 0.803. The zero-order valence-electron chi connectivity index (χ0n) is 12.2. The second-order valence-electron chi connectivity index (χ2n) is 6.70. The van der Waals surface area contributed by atoms with Gasteiger partial charge in [-0.05, 0) is 25.0 Å². The fourth-order valence-electron chi connectivity index (χ4n) is 4.39. The van der Waals surface area contributed by atoms with Crippen molar-refractivity contribution in [3.63, 3.8) is 0 Å². The predicted octanol–water partition coefficient (Wildman–Crippen LogP) is 3.43. The van der Waals surface area contributed by atoms with Crippen LogP contribution in [0.5, 0.6) is 0 Å². The number of benzene rings is 1. The van der Waals surface area contributed by atoms with E-state index in [1.165, 1.54) is 43.4 Å². The van der Waals surface area contributed by atoms with Crippen LogP contribution in [0.25, 0.3) is 11.0 Å². The van der Waals surface area contributed by atoms with Gasteiger partial charge in [-0.3, -0.25) is 4.84 Å². The molecule has 2 bridgehead atoms. The number of rotatable bonds is 1. The highest BCUT2D eigenvalue weighted by Gasteiger charge is 2.45. The Balaban J connectivity index is 1.56. The molecule has 2 aliphatic heterocycles. The fourth-order valence-corrected chi connectivity index (χ4v) is 4.39. The molecular weight excluding hydrogens is 262 g/mol. The van der Waals surface area contributed by atoms with Crippen LogP contribution >= 0.6 is 0 Å². The lowest BCUT2D eigenvalue weighted by molar-refractivity contribution is -0.193. The van der Waals surface area contributed by atoms with Crippen LogP contribution in [0.3, 0.4) is 0 Å². The van der Waals surface area contributed by atoms with E-state index < -0.39 is 0 Å². The van der Waals surface area contributed by atoms with E-state index in [1.54, 1.807) is 0 Å². The van der Waals surface area contributed by atoms with Crippen LogP contribution in [0.15, 0.2) is 24.3 Å². The second kappa shape index (κ2) is 4.55. The average Bonchev–Trinajstić information content (AvgIpc) is 3.08. The van der Waals surface area contributed by atoms with Gasteiger partial charge in [-0.15, -0.1) is 0 Å². The number of nitrogens with zero attached hydrogens (tertiary/aromatic N) is 3. The molecule has 0 radical (unpaired) electrons. The summed E-state index contributed by atoms with van der Waals surface area (Å²) in [5.74, 6) is 1.22. The maximum atomic E-state index is 6.29. The molecule has 0 unspecified atom stereocenters. The Morgan fingerprint density at radius 2 is 1.95 bits per heavy atom. The van der Waals surface area contributed by atoms with Gasteiger partial charge in [-0.25, -0.2) is 4.98 Å². The van der Waals surface area contributed by atoms with Crippen molar-refractivity contribution in [2.45, 2.75) is 63.3 Å². The van der Waals surface area contributed by atoms with E-state index in [0.717, 1.165) is 18.5 Å². The Morgan fingerprint density at radius 3 is 2.86 bits per heavy atom. The van der Waals surface area contributed by atoms with Gasteiger partial charge in [0.25, 0.3) is 0 Å². The van der Waals surface area contributed by atoms with Gasteiger partial charge in [0.15, 0.2) is 0 Å². The molecule has 2 fully saturated rings. The minimum atomic E-state index is 0.335. The summed E-state index contributed by atoms with van der Waals surface area (Å²) in [6.45, 7) is 0.954. The molecule has 2 aromatic rings. The van der Waals surface area contributed by atoms with Crippen molar-refractivity contribution in [3.05, 3.63) is 30.1 Å². The Bertz CT molecular complexity index is 674. The molecule has 4 heteroatoms. The maximum Gasteiger partial charge on any atom is 0.129 e. The molecule has 1 saturated heterocycles. The third kappa shape index (κ3) is 1.79. The molecule has 1 saturated carbocycles. The molecule has 3 aliphatic rings. The van der Waals surface area contributed by atoms with Crippen LogP contribution in [0, 0.1) is 0 Å². The summed E-state index contributed by atoms with van der Waals surface area (Å²) in [6, 6.07) is 9.45. The van der Waals surface area contributed by atoms with Crippen molar-refractivity contribution in [3.8, 4) is 0 Å². The van der Waals surface area contributed by atoms with E-state index in [2.05, 4.69) is 33.9 Å². The average molecular weight is 283 g/mol. The molecule has 21 heavy (non-hydrogen) atoms. The van der Waals surface area contributed by atoms with E-state index in [-0.39, 0.29) is 0 Å². The monoisotopic (exact) mass is 283 g/mol. The number of fused-ring (bicyclic) bond motifs is 6. The topological polar surface area (TPSA) is 30.3 Å². The number of imidazole rings is 1. The van der Waals surface area contributed by atoms with Crippen LogP contribution in [-0.2, 0) is 11.4 Å². The molecule has 1 aliphatic carbocycles. The van der Waals surface area contributed by atoms with E-state index in [4.69, 9.17) is 9.82 Å². The Hall–Kier alpha value is -1.39. The van der Waals surface area contributed by atoms with Crippen LogP contribution < -0.4 is 0 Å². The van der Waals surface area contributed by atoms with Gasteiger partial charge in [-0.2, -0.15) is 5.06 Å². The van der Waals surface area contributed by atoms with E-state index in [9.17, 15) is 0 Å². The van der Waals surface area contributed by atoms with Gasteiger partial charge in [-0.1, -0.05) is 31.4 Å². The highest BCUT2D eigenvalue weighted by molar-refractivity contribution is 5.76. The van der Waals surface area contributed by atoms with Crippen molar-refractivity contribution in [1.29, 1.82) is 0 Å². The molecule has 2 atom stereocenters. The first-order valence-electron chi connectivity index (χ1n) is 8.30. The van der Waals surface area contributed by atoms with Crippen molar-refractivity contribution in [1.82, 2.24) is 14.6 Å². The van der Waals surface area contributed by atoms with E-state index in [1.807, 2.05) is 0 Å². The molecule has 110 valence electrons. The predicted molar refractivity (Wildman–Crippen MR) is 80.7 cm³/mol. The number of para-hydroxylation sites is 2. The number of hydrogen-bond donors (Lipinski definition) is 0. The summed E-state index contributed by atoms with van der Waals surface area (Å²) in [7, 11) is 0. The Labute approximate surface area is 124 Å². The third-order valence-electron chi connectivity index (χ3n) is 5.37. The molecular formula is C17H21N3O. The standard InChI is InChI=1S/C17H21N3O/c1-2-6-12(7-3-1)20-16-10-13(21-20)11-19-15-9-5-4-8-14(15)18-17(16)19/h4-5,8-9,12-13,16H,1-3,6-7,10-11H2/t13-,16+/m0/s1. The molecule has 4 nitrogen and oxygen atoms in total. The second-order valence-corrected chi connectivity index (χ2v) is 6.70. The number of aromatic nitrogens is 2. The Kier molecular flexibility index (Phi) is 2.64. The minimum Gasteiger partial charge on any atom is -0.324 e. The summed E-state index contributed by atoms with van der Waals surface area (Å²) in [4.78, 5) is 11.2. The van der Waals surface area contributed by atoms with Gasteiger partial charge in [0.2, 0.25) is 0 Å². The van der Waals surface area contributed by atoms with Crippen molar-refractivity contribution >= 4 is 11.0 Å². The van der Waals surface area contributed by atoms with Crippen LogP contribution in [-0.4, -0.2) is 26.8 Å². The summed E-state index contributed by atoms with van der Waals surface area (Å²) in [5, 5.41) is 2.31. The summed E-state index contributed by atoms with van der Waals surface area (Å²) < 4.78 is 2.39. The zero-order valence-corrected chi connectivity index (χ0v) is 12.2. The molecule has 5 rings (SSSR count). The van der Waals surface area contributed by atoms with Crippen molar-refractivity contribution in [2.75, 3.05) is 0 Å². The van der Waals surface area contributed by atoms with Crippen molar-refractivity contribution in [2.24, 2.45) is 0 Å². The molecule has 0 amide bonds. The Morgan fingerprint density at radius 1 is 1.10 bits per heavy atom. The van der Waals surface area contributed by atoms with E-state index in [0.29, 0.717) is 18.2 Å². The molecule has 0 N–H and O–H groups in total. The zero-order chi connectivity index (χ0) is 13.8. The lowest BCUT2D eigenvalue weighted by atomic mass is 9.94. The largest absolute Gasteiger partial charge is 0.324 e. The van der Waals surface area contributed by atoms with Gasteiger partial charge >= 0.3 is 0 Å². The normalized spacial score (nSPS) is 29.9. The number of hydrogen-bond acceptors (Lipinski definition) is 3. The lowest BCUT2D eigenvalue weighted by Gasteiger charge is -2.32. The summed E-state index contributed by atoms with van der Waals surface area (Å²) in [5.41, 5.74) is 2.39. The van der Waals surface area contributed by atoms with E-state index >= 15 is 0 Å². The smallest absolute Gasteiger partial charge is 0.129 e. The third-order valence-corrected chi connectivity index (χ3v) is 5.37. The maximum absolute atomic E-state index is 6.29. The first-order chi connectivity index (χ1) is 10.4. The molecule has 1 aromatic carbocycles. The highest BCUT2D eigenvalue weighted by Crippen LogP contribution is 2.43.